The molecule has 1 aromatic heterocycles. The fourth-order valence-electron chi connectivity index (χ4n) is 3.12. The molecule has 4 rings (SSSR count). The van der Waals surface area contributed by atoms with E-state index in [9.17, 15) is 4.79 Å². The summed E-state index contributed by atoms with van der Waals surface area (Å²) in [5.41, 5.74) is 1.13. The van der Waals surface area contributed by atoms with E-state index in [0.29, 0.717) is 25.0 Å². The third kappa shape index (κ3) is 2.92. The van der Waals surface area contributed by atoms with E-state index in [0.717, 1.165) is 37.6 Å². The van der Waals surface area contributed by atoms with Gasteiger partial charge >= 0.3 is 0 Å². The van der Waals surface area contributed by atoms with Crippen molar-refractivity contribution in [3.8, 4) is 0 Å². The van der Waals surface area contributed by atoms with Gasteiger partial charge in [-0.3, -0.25) is 4.79 Å². The third-order valence-electron chi connectivity index (χ3n) is 4.81. The van der Waals surface area contributed by atoms with Crippen LogP contribution in [0.4, 0.5) is 5.82 Å². The quantitative estimate of drug-likeness (QED) is 0.877. The van der Waals surface area contributed by atoms with Gasteiger partial charge in [0.2, 0.25) is 5.91 Å². The molecule has 0 bridgehead atoms. The summed E-state index contributed by atoms with van der Waals surface area (Å²) in [5.74, 6) is 2.31. The predicted molar refractivity (Wildman–Crippen MR) is 81.6 cm³/mol. The van der Waals surface area contributed by atoms with Crippen molar-refractivity contribution >= 4 is 11.7 Å². The number of hydrogen-bond acceptors (Lipinski definition) is 5. The van der Waals surface area contributed by atoms with Gasteiger partial charge < -0.3 is 15.0 Å². The average molecular weight is 302 g/mol. The van der Waals surface area contributed by atoms with Crippen LogP contribution in [0.2, 0.25) is 0 Å². The highest BCUT2D eigenvalue weighted by Gasteiger charge is 2.31. The second-order valence-electron chi connectivity index (χ2n) is 6.67. The van der Waals surface area contributed by atoms with E-state index >= 15 is 0 Å². The van der Waals surface area contributed by atoms with Crippen molar-refractivity contribution in [1.82, 2.24) is 15.5 Å². The number of carbonyl (C=O) groups is 1. The minimum absolute atomic E-state index is 0.0528. The van der Waals surface area contributed by atoms with Crippen molar-refractivity contribution in [3.63, 3.8) is 0 Å². The lowest BCUT2D eigenvalue weighted by molar-refractivity contribution is -0.125. The molecule has 1 N–H and O–H groups in total. The minimum Gasteiger partial charge on any atom is -0.381 e. The van der Waals surface area contributed by atoms with Gasteiger partial charge in [0.15, 0.2) is 5.82 Å². The molecule has 1 aliphatic carbocycles. The Morgan fingerprint density at radius 3 is 2.77 bits per heavy atom. The van der Waals surface area contributed by atoms with Crippen LogP contribution in [-0.2, 0) is 9.53 Å². The Hall–Kier alpha value is -1.69. The molecule has 1 unspecified atom stereocenters. The number of carbonyl (C=O) groups excluding carboxylic acids is 1. The second-order valence-corrected chi connectivity index (χ2v) is 6.67. The molecule has 3 heterocycles. The van der Waals surface area contributed by atoms with Crippen molar-refractivity contribution in [2.24, 2.45) is 11.8 Å². The molecule has 2 saturated heterocycles. The molecule has 0 aromatic carbocycles. The Bertz CT molecular complexity index is 532. The molecule has 1 atom stereocenters. The number of nitrogens with zero attached hydrogens (tertiary/aromatic N) is 3. The first-order chi connectivity index (χ1) is 10.8. The maximum absolute atomic E-state index is 11.9. The van der Waals surface area contributed by atoms with E-state index in [-0.39, 0.29) is 11.8 Å². The summed E-state index contributed by atoms with van der Waals surface area (Å²) in [7, 11) is 0. The van der Waals surface area contributed by atoms with Crippen LogP contribution in [0.15, 0.2) is 12.1 Å². The summed E-state index contributed by atoms with van der Waals surface area (Å²) in [4.78, 5) is 14.1. The second kappa shape index (κ2) is 5.83. The zero-order valence-electron chi connectivity index (χ0n) is 12.7. The molecule has 3 aliphatic rings. The van der Waals surface area contributed by atoms with E-state index in [4.69, 9.17) is 4.74 Å². The standard InChI is InChI=1S/C16H22N4O2/c21-16(13-5-6-22-10-13)17-7-11-8-20(9-11)15-4-3-14(18-19-15)12-1-2-12/h3-4,11-13H,1-2,5-10H2,(H,17,21). The Labute approximate surface area is 130 Å². The van der Waals surface area contributed by atoms with Gasteiger partial charge in [0, 0.05) is 38.1 Å². The van der Waals surface area contributed by atoms with Crippen molar-refractivity contribution < 1.29 is 9.53 Å². The summed E-state index contributed by atoms with van der Waals surface area (Å²) >= 11 is 0. The van der Waals surface area contributed by atoms with Crippen molar-refractivity contribution in [3.05, 3.63) is 17.8 Å². The van der Waals surface area contributed by atoms with Gasteiger partial charge in [-0.1, -0.05) is 0 Å². The molecule has 0 radical (unpaired) electrons. The molecule has 6 heteroatoms. The molecule has 2 aliphatic heterocycles. The molecule has 1 amide bonds. The molecule has 1 aromatic rings. The highest BCUT2D eigenvalue weighted by atomic mass is 16.5. The Morgan fingerprint density at radius 1 is 1.27 bits per heavy atom. The Balaban J connectivity index is 1.21. The fourth-order valence-corrected chi connectivity index (χ4v) is 3.12. The summed E-state index contributed by atoms with van der Waals surface area (Å²) in [5, 5.41) is 11.7. The lowest BCUT2D eigenvalue weighted by atomic mass is 9.99. The van der Waals surface area contributed by atoms with Crippen LogP contribution in [0, 0.1) is 11.8 Å². The topological polar surface area (TPSA) is 67.4 Å². The lowest BCUT2D eigenvalue weighted by Gasteiger charge is -2.40. The molecule has 0 spiro atoms. The fraction of sp³-hybridized carbons (Fsp3) is 0.688. The monoisotopic (exact) mass is 302 g/mol. The first-order valence-corrected chi connectivity index (χ1v) is 8.23. The third-order valence-corrected chi connectivity index (χ3v) is 4.81. The van der Waals surface area contributed by atoms with Gasteiger partial charge in [-0.2, -0.15) is 5.10 Å². The van der Waals surface area contributed by atoms with Crippen LogP contribution in [0.1, 0.15) is 30.9 Å². The van der Waals surface area contributed by atoms with Crippen LogP contribution in [0.25, 0.3) is 0 Å². The van der Waals surface area contributed by atoms with Crippen LogP contribution in [0.3, 0.4) is 0 Å². The predicted octanol–water partition coefficient (Wildman–Crippen LogP) is 0.943. The van der Waals surface area contributed by atoms with Gasteiger partial charge in [0.1, 0.15) is 0 Å². The highest BCUT2D eigenvalue weighted by Crippen LogP contribution is 2.38. The zero-order chi connectivity index (χ0) is 14.9. The molecule has 22 heavy (non-hydrogen) atoms. The lowest BCUT2D eigenvalue weighted by Crippen LogP contribution is -2.52. The normalized spacial score (nSPS) is 25.1. The number of ether oxygens (including phenoxy) is 1. The SMILES string of the molecule is O=C(NCC1CN(c2ccc(C3CC3)nn2)C1)C1CCOC1. The van der Waals surface area contributed by atoms with E-state index < -0.39 is 0 Å². The van der Waals surface area contributed by atoms with Gasteiger partial charge in [-0.15, -0.1) is 5.10 Å². The maximum atomic E-state index is 11.9. The number of amides is 1. The highest BCUT2D eigenvalue weighted by molar-refractivity contribution is 5.79. The molecule has 1 saturated carbocycles. The average Bonchev–Trinajstić information content (AvgIpc) is 3.20. The summed E-state index contributed by atoms with van der Waals surface area (Å²) in [6.07, 6.45) is 3.36. The van der Waals surface area contributed by atoms with Crippen LogP contribution in [-0.4, -0.2) is 49.0 Å². The first-order valence-electron chi connectivity index (χ1n) is 8.23. The summed E-state index contributed by atoms with van der Waals surface area (Å²) in [6, 6.07) is 4.18. The number of aromatic nitrogens is 2. The Kier molecular flexibility index (Phi) is 3.70. The minimum atomic E-state index is 0.0528. The van der Waals surface area contributed by atoms with Gasteiger partial charge in [0.25, 0.3) is 0 Å². The van der Waals surface area contributed by atoms with E-state index in [2.05, 4.69) is 32.5 Å². The number of rotatable bonds is 5. The largest absolute Gasteiger partial charge is 0.381 e. The molecular weight excluding hydrogens is 280 g/mol. The van der Waals surface area contributed by atoms with Crippen molar-refractivity contribution in [1.29, 1.82) is 0 Å². The smallest absolute Gasteiger partial charge is 0.225 e. The van der Waals surface area contributed by atoms with Gasteiger partial charge in [-0.05, 0) is 31.4 Å². The van der Waals surface area contributed by atoms with E-state index in [1.807, 2.05) is 0 Å². The van der Waals surface area contributed by atoms with Gasteiger partial charge in [0.05, 0.1) is 18.2 Å². The van der Waals surface area contributed by atoms with E-state index in [1.54, 1.807) is 0 Å². The van der Waals surface area contributed by atoms with Crippen molar-refractivity contribution in [2.45, 2.75) is 25.2 Å². The maximum Gasteiger partial charge on any atom is 0.225 e. The van der Waals surface area contributed by atoms with E-state index in [1.165, 1.54) is 12.8 Å². The molecule has 3 fully saturated rings. The Morgan fingerprint density at radius 2 is 2.14 bits per heavy atom. The molecule has 118 valence electrons. The summed E-state index contributed by atoms with van der Waals surface area (Å²) in [6.45, 7) is 3.92. The number of hydrogen-bond donors (Lipinski definition) is 1. The molecular formula is C16H22N4O2. The first kappa shape index (κ1) is 13.9. The van der Waals surface area contributed by atoms with Crippen molar-refractivity contribution in [2.75, 3.05) is 37.7 Å². The zero-order valence-corrected chi connectivity index (χ0v) is 12.7. The number of anilines is 1. The van der Waals surface area contributed by atoms with Crippen LogP contribution >= 0.6 is 0 Å². The molecule has 6 nitrogen and oxygen atoms in total. The van der Waals surface area contributed by atoms with Crippen LogP contribution in [0.5, 0.6) is 0 Å². The van der Waals surface area contributed by atoms with Crippen LogP contribution < -0.4 is 10.2 Å². The van der Waals surface area contributed by atoms with Gasteiger partial charge in [-0.25, -0.2) is 0 Å². The summed E-state index contributed by atoms with van der Waals surface area (Å²) < 4.78 is 5.25. The number of nitrogens with one attached hydrogen (secondary N) is 1.